The molecule has 1 atom stereocenters. The van der Waals surface area contributed by atoms with Crippen LogP contribution in [0.15, 0.2) is 17.5 Å². The SMILES string of the molecule is CN(C)S(=O)(=O)N1CCC(C(O)c2cccs2)CC1. The van der Waals surface area contributed by atoms with Gasteiger partial charge in [0.25, 0.3) is 10.2 Å². The molecule has 1 aliphatic rings. The third-order valence-electron chi connectivity index (χ3n) is 3.57. The summed E-state index contributed by atoms with van der Waals surface area (Å²) in [5.74, 6) is 0.146. The molecule has 7 heteroatoms. The zero-order chi connectivity index (χ0) is 14.0. The first-order valence-corrected chi connectivity index (χ1v) is 8.59. The lowest BCUT2D eigenvalue weighted by atomic mass is 9.91. The van der Waals surface area contributed by atoms with E-state index in [1.807, 2.05) is 17.5 Å². The average Bonchev–Trinajstić information content (AvgIpc) is 2.91. The predicted molar refractivity (Wildman–Crippen MR) is 76.2 cm³/mol. The molecule has 0 aliphatic carbocycles. The Morgan fingerprint density at radius 2 is 2.05 bits per heavy atom. The van der Waals surface area contributed by atoms with Crippen molar-refractivity contribution >= 4 is 21.5 Å². The van der Waals surface area contributed by atoms with Crippen molar-refractivity contribution in [3.8, 4) is 0 Å². The molecule has 0 amide bonds. The quantitative estimate of drug-likeness (QED) is 0.912. The van der Waals surface area contributed by atoms with Crippen LogP contribution in [0.3, 0.4) is 0 Å². The third-order valence-corrected chi connectivity index (χ3v) is 6.45. The van der Waals surface area contributed by atoms with Crippen LogP contribution < -0.4 is 0 Å². The Labute approximate surface area is 118 Å². The lowest BCUT2D eigenvalue weighted by Gasteiger charge is -2.34. The monoisotopic (exact) mass is 304 g/mol. The first-order chi connectivity index (χ1) is 8.93. The fourth-order valence-corrected chi connectivity index (χ4v) is 4.28. The van der Waals surface area contributed by atoms with Gasteiger partial charge in [-0.15, -0.1) is 11.3 Å². The van der Waals surface area contributed by atoms with Crippen LogP contribution in [0.1, 0.15) is 23.8 Å². The van der Waals surface area contributed by atoms with E-state index in [1.54, 1.807) is 25.4 Å². The Bertz CT molecular complexity index is 491. The standard InChI is InChI=1S/C12H20N2O3S2/c1-13(2)19(16,17)14-7-5-10(6-8-14)12(15)11-4-3-9-18-11/h3-4,9-10,12,15H,5-8H2,1-2H3. The Hall–Kier alpha value is -0.470. The molecule has 2 rings (SSSR count). The first-order valence-electron chi connectivity index (χ1n) is 6.32. The summed E-state index contributed by atoms with van der Waals surface area (Å²) in [7, 11) is -0.228. The van der Waals surface area contributed by atoms with Crippen molar-refractivity contribution in [1.29, 1.82) is 0 Å². The zero-order valence-corrected chi connectivity index (χ0v) is 12.8. The number of nitrogens with zero attached hydrogens (tertiary/aromatic N) is 2. The normalized spacial score (nSPS) is 20.8. The van der Waals surface area contributed by atoms with Gasteiger partial charge in [-0.2, -0.15) is 17.0 Å². The third kappa shape index (κ3) is 3.17. The lowest BCUT2D eigenvalue weighted by molar-refractivity contribution is 0.0780. The largest absolute Gasteiger partial charge is 0.387 e. The number of aliphatic hydroxyl groups excluding tert-OH is 1. The second-order valence-corrected chi connectivity index (χ2v) is 8.11. The van der Waals surface area contributed by atoms with Crippen molar-refractivity contribution in [2.24, 2.45) is 5.92 Å². The Morgan fingerprint density at radius 3 is 2.53 bits per heavy atom. The summed E-state index contributed by atoms with van der Waals surface area (Å²) in [5, 5.41) is 12.2. The molecule has 1 aliphatic heterocycles. The lowest BCUT2D eigenvalue weighted by Crippen LogP contribution is -2.45. The van der Waals surface area contributed by atoms with E-state index in [-0.39, 0.29) is 5.92 Å². The van der Waals surface area contributed by atoms with Gasteiger partial charge in [0.05, 0.1) is 6.10 Å². The summed E-state index contributed by atoms with van der Waals surface area (Å²) in [6, 6.07) is 3.85. The van der Waals surface area contributed by atoms with Gasteiger partial charge in [0.15, 0.2) is 0 Å². The van der Waals surface area contributed by atoms with Gasteiger partial charge < -0.3 is 5.11 Å². The first kappa shape index (κ1) is 14.9. The van der Waals surface area contributed by atoms with Gasteiger partial charge in [-0.1, -0.05) is 6.07 Å². The van der Waals surface area contributed by atoms with Crippen LogP contribution in [0.4, 0.5) is 0 Å². The number of hydrogen-bond acceptors (Lipinski definition) is 4. The molecule has 0 bridgehead atoms. The van der Waals surface area contributed by atoms with Crippen molar-refractivity contribution in [1.82, 2.24) is 8.61 Å². The van der Waals surface area contributed by atoms with E-state index in [2.05, 4.69) is 0 Å². The molecule has 19 heavy (non-hydrogen) atoms. The summed E-state index contributed by atoms with van der Waals surface area (Å²) in [5.41, 5.74) is 0. The van der Waals surface area contributed by atoms with Crippen LogP contribution >= 0.6 is 11.3 Å². The highest BCUT2D eigenvalue weighted by atomic mass is 32.2. The molecule has 1 N–H and O–H groups in total. The Balaban J connectivity index is 1.96. The highest BCUT2D eigenvalue weighted by Crippen LogP contribution is 2.33. The molecule has 1 unspecified atom stereocenters. The van der Waals surface area contributed by atoms with Crippen molar-refractivity contribution < 1.29 is 13.5 Å². The van der Waals surface area contributed by atoms with E-state index in [1.165, 1.54) is 8.61 Å². The molecule has 1 aromatic heterocycles. The highest BCUT2D eigenvalue weighted by Gasteiger charge is 2.32. The maximum Gasteiger partial charge on any atom is 0.281 e. The van der Waals surface area contributed by atoms with Crippen LogP contribution in [-0.2, 0) is 10.2 Å². The second-order valence-electron chi connectivity index (χ2n) is 4.99. The molecule has 1 fully saturated rings. The molecular formula is C12H20N2O3S2. The minimum Gasteiger partial charge on any atom is -0.387 e. The van der Waals surface area contributed by atoms with E-state index in [0.717, 1.165) is 4.88 Å². The molecular weight excluding hydrogens is 284 g/mol. The summed E-state index contributed by atoms with van der Waals surface area (Å²) in [6.07, 6.45) is 0.933. The summed E-state index contributed by atoms with van der Waals surface area (Å²) in [4.78, 5) is 0.967. The summed E-state index contributed by atoms with van der Waals surface area (Å²) in [6.45, 7) is 0.960. The van der Waals surface area contributed by atoms with Crippen molar-refractivity contribution in [2.75, 3.05) is 27.2 Å². The molecule has 2 heterocycles. The number of thiophene rings is 1. The Morgan fingerprint density at radius 1 is 1.42 bits per heavy atom. The molecule has 108 valence electrons. The van der Waals surface area contributed by atoms with Crippen LogP contribution in [0, 0.1) is 5.92 Å². The van der Waals surface area contributed by atoms with Crippen LogP contribution in [0.25, 0.3) is 0 Å². The van der Waals surface area contributed by atoms with E-state index >= 15 is 0 Å². The van der Waals surface area contributed by atoms with Gasteiger partial charge in [-0.25, -0.2) is 0 Å². The van der Waals surface area contributed by atoms with Crippen LogP contribution in [0.5, 0.6) is 0 Å². The Kier molecular flexibility index (Phi) is 4.62. The maximum atomic E-state index is 12.0. The molecule has 0 saturated carbocycles. The predicted octanol–water partition coefficient (Wildman–Crippen LogP) is 1.30. The molecule has 1 aromatic rings. The van der Waals surface area contributed by atoms with E-state index in [9.17, 15) is 13.5 Å². The zero-order valence-electron chi connectivity index (χ0n) is 11.2. The van der Waals surface area contributed by atoms with Gasteiger partial charge in [0, 0.05) is 32.1 Å². The van der Waals surface area contributed by atoms with Gasteiger partial charge in [-0.05, 0) is 30.2 Å². The van der Waals surface area contributed by atoms with Crippen LogP contribution in [0.2, 0.25) is 0 Å². The molecule has 0 radical (unpaired) electrons. The summed E-state index contributed by atoms with van der Waals surface area (Å²) >= 11 is 1.55. The van der Waals surface area contributed by atoms with Gasteiger partial charge in [-0.3, -0.25) is 0 Å². The van der Waals surface area contributed by atoms with Gasteiger partial charge in [0.2, 0.25) is 0 Å². The highest BCUT2D eigenvalue weighted by molar-refractivity contribution is 7.86. The number of aliphatic hydroxyl groups is 1. The average molecular weight is 304 g/mol. The number of rotatable bonds is 4. The van der Waals surface area contributed by atoms with Crippen LogP contribution in [-0.4, -0.2) is 49.3 Å². The topological polar surface area (TPSA) is 60.9 Å². The molecule has 0 spiro atoms. The van der Waals surface area contributed by atoms with Crippen molar-refractivity contribution in [3.05, 3.63) is 22.4 Å². The molecule has 0 aromatic carbocycles. The smallest absolute Gasteiger partial charge is 0.281 e. The molecule has 1 saturated heterocycles. The molecule has 5 nitrogen and oxygen atoms in total. The number of piperidine rings is 1. The minimum atomic E-state index is -3.32. The van der Waals surface area contributed by atoms with Crippen molar-refractivity contribution in [3.63, 3.8) is 0 Å². The fourth-order valence-electron chi connectivity index (χ4n) is 2.35. The summed E-state index contributed by atoms with van der Waals surface area (Å²) < 4.78 is 26.7. The van der Waals surface area contributed by atoms with Crippen molar-refractivity contribution in [2.45, 2.75) is 18.9 Å². The minimum absolute atomic E-state index is 0.146. The fraction of sp³-hybridized carbons (Fsp3) is 0.667. The maximum absolute atomic E-state index is 12.0. The van der Waals surface area contributed by atoms with E-state index < -0.39 is 16.3 Å². The van der Waals surface area contributed by atoms with E-state index in [0.29, 0.717) is 25.9 Å². The number of hydrogen-bond donors (Lipinski definition) is 1. The van der Waals surface area contributed by atoms with E-state index in [4.69, 9.17) is 0 Å². The second kappa shape index (κ2) is 5.88. The van der Waals surface area contributed by atoms with Gasteiger partial charge in [0.1, 0.15) is 0 Å². The van der Waals surface area contributed by atoms with Gasteiger partial charge >= 0.3 is 0 Å².